The second-order valence-corrected chi connectivity index (χ2v) is 28.6. The molecule has 0 aliphatic heterocycles. The number of fused-ring (bicyclic) bond motifs is 4. The predicted molar refractivity (Wildman–Crippen MR) is 376 cm³/mol. The molecule has 442 valence electrons. The quantitative estimate of drug-likeness (QED) is 0.0471. The molecular weight excluding hydrogens is 1320 g/mol. The van der Waals surface area contributed by atoms with E-state index in [1.54, 1.807) is 55.7 Å². The number of hydrogen-bond donors (Lipinski definition) is 0. The van der Waals surface area contributed by atoms with Gasteiger partial charge in [0.1, 0.15) is 5.82 Å². The Balaban J connectivity index is 0.0000134. The smallest absolute Gasteiger partial charge is 0.268 e. The molecule has 0 spiro atoms. The summed E-state index contributed by atoms with van der Waals surface area (Å²) in [5.41, 5.74) is -2.74. The first-order valence-electron chi connectivity index (χ1n) is 46.7. The van der Waals surface area contributed by atoms with Crippen LogP contribution < -0.4 is 50.8 Å². The molecule has 5 nitrogen and oxygen atoms in total. The van der Waals surface area contributed by atoms with Crippen molar-refractivity contribution in [3.63, 3.8) is 0 Å². The molecule has 0 saturated heterocycles. The molecule has 15 aromatic rings. The minimum absolute atomic E-state index is 0. The average Bonchev–Trinajstić information content (AvgIpc) is 1.47. The molecule has 3 heterocycles. The first-order valence-corrected chi connectivity index (χ1v) is 31.7. The Morgan fingerprint density at radius 3 is 1.58 bits per heavy atom. The molecule has 15 rings (SSSR count). The van der Waals surface area contributed by atoms with Crippen molar-refractivity contribution in [2.45, 2.75) is 33.0 Å². The largest absolute Gasteiger partial charge is 0.510 e. The topological polar surface area (TPSA) is 35.9 Å². The van der Waals surface area contributed by atoms with Gasteiger partial charge in [0.25, 0.3) is 6.33 Å². The molecule has 0 aliphatic carbocycles. The predicted octanol–water partition coefficient (Wildman–Crippen LogP) is 13.6. The number of pyridine rings is 1. The van der Waals surface area contributed by atoms with Gasteiger partial charge in [0.15, 0.2) is 16.1 Å². The van der Waals surface area contributed by atoms with Gasteiger partial charge in [-0.05, 0) is 93.7 Å². The third-order valence-electron chi connectivity index (χ3n) is 15.5. The van der Waals surface area contributed by atoms with Crippen molar-refractivity contribution < 1.29 is 82.5 Å². The van der Waals surface area contributed by atoms with E-state index >= 15 is 0 Å². The Bertz CT molecular complexity index is 6900. The summed E-state index contributed by atoms with van der Waals surface area (Å²) in [5.74, 6) is -0.340. The van der Waals surface area contributed by atoms with E-state index in [0.717, 1.165) is 6.20 Å². The average molecular weight is 1420 g/mol. The fraction of sp³-hybridized carbons (Fsp3) is 0.0602. The number of hydrogen-bond acceptors (Lipinski definition) is 2. The van der Waals surface area contributed by atoms with Crippen LogP contribution in [-0.4, -0.2) is 30.3 Å². The van der Waals surface area contributed by atoms with Crippen LogP contribution in [0.25, 0.3) is 61.2 Å². The van der Waals surface area contributed by atoms with E-state index in [1.807, 2.05) is 0 Å². The van der Waals surface area contributed by atoms with Gasteiger partial charge in [0.2, 0.25) is 0 Å². The molecule has 12 aromatic carbocycles. The molecule has 0 atom stereocenters. The van der Waals surface area contributed by atoms with Gasteiger partial charge in [-0.2, -0.15) is 18.2 Å². The van der Waals surface area contributed by atoms with Gasteiger partial charge >= 0.3 is 0 Å². The number of nitrogens with zero attached hydrogens (tertiary/aromatic N) is 4. The van der Waals surface area contributed by atoms with E-state index < -0.39 is 293 Å². The Morgan fingerprint density at radius 2 is 1.02 bits per heavy atom. The van der Waals surface area contributed by atoms with Gasteiger partial charge in [0, 0.05) is 54.0 Å². The third kappa shape index (κ3) is 10.2. The van der Waals surface area contributed by atoms with E-state index in [0.29, 0.717) is 16.3 Å². The number of ether oxygens (including phenoxy) is 1. The van der Waals surface area contributed by atoms with Crippen molar-refractivity contribution in [2.75, 3.05) is 0 Å². The van der Waals surface area contributed by atoms with E-state index in [1.165, 1.54) is 75.9 Å². The fourth-order valence-corrected chi connectivity index (χ4v) is 19.5. The number of benzene rings is 12. The first kappa shape index (κ1) is 29.7. The second-order valence-electron chi connectivity index (χ2n) is 21.5. The maximum atomic E-state index is 10.1. The molecule has 0 bridgehead atoms. The van der Waals surface area contributed by atoms with E-state index in [-0.39, 0.29) is 77.4 Å². The van der Waals surface area contributed by atoms with Gasteiger partial charge in [0.05, 0.1) is 64.7 Å². The molecule has 0 amide bonds. The fourth-order valence-electron chi connectivity index (χ4n) is 11.7. The zero-order valence-electron chi connectivity index (χ0n) is 85.8. The molecular formula is C83H64N4OPtSi2-2. The summed E-state index contributed by atoms with van der Waals surface area (Å²) in [6.45, 7) is 2.01. The molecule has 0 radical (unpaired) electrons. The van der Waals surface area contributed by atoms with Crippen LogP contribution in [0.1, 0.15) is 84.0 Å². The maximum Gasteiger partial charge on any atom is 0.268 e. The van der Waals surface area contributed by atoms with Crippen LogP contribution in [0, 0.1) is 25.3 Å². The van der Waals surface area contributed by atoms with Gasteiger partial charge in [-0.1, -0.05) is 292 Å². The minimum Gasteiger partial charge on any atom is -0.510 e. The van der Waals surface area contributed by atoms with Crippen LogP contribution in [-0.2, 0) is 26.5 Å². The van der Waals surface area contributed by atoms with Gasteiger partial charge in [-0.3, -0.25) is 4.57 Å². The summed E-state index contributed by atoms with van der Waals surface area (Å²) in [5, 5.41) is -5.26. The first-order chi connectivity index (χ1) is 59.9. The standard InChI is InChI=1S/C83H64N4OSi2.Pt/c1-60-54-81(84-58-74(60)61-30-12-5-13-31-61)87-76-48-27-26-46-72(76)73-52-50-64(56-78(73)87)88-63-33-28-32-62(55-63)85-59-86(77-53-51-71(57-79(77)85)89(65-34-14-6-15-35-65,66-36-16-7-17-37-66)67-38-18-8-19-39-67)82-75(83(2,3)4)47-29-49-80(82)90(68-40-20-9-21-41-68,69-42-22-10-23-43-69)70-44-24-11-25-45-70;/h5-54,57-58H,1-4H3;/q-2;/i1D3,5D,6D,7D,8D,9D,10D,11D,12D,13D,14D,15D,16D,17D,18D,19D,20D,21D,22D,23D,24D,25D,30D,31D,34D,35D,36D,37D,38D,39D,40D,41D,42D,43D,44D,45D;. The minimum atomic E-state index is -6.23. The van der Waals surface area contributed by atoms with Crippen molar-refractivity contribution in [3.05, 3.63) is 344 Å². The molecule has 0 saturated carbocycles. The van der Waals surface area contributed by atoms with Crippen molar-refractivity contribution in [1.82, 2.24) is 14.1 Å². The summed E-state index contributed by atoms with van der Waals surface area (Å²) < 4.78 is 367. The Morgan fingerprint density at radius 1 is 0.495 bits per heavy atom. The summed E-state index contributed by atoms with van der Waals surface area (Å²) in [4.78, 5) is 4.67. The Labute approximate surface area is 602 Å². The van der Waals surface area contributed by atoms with E-state index in [2.05, 4.69) is 23.4 Å². The summed E-state index contributed by atoms with van der Waals surface area (Å²) in [6.07, 6.45) is 4.43. The normalized spacial score (nSPS) is 17.9. The van der Waals surface area contributed by atoms with Crippen molar-refractivity contribution in [3.8, 4) is 39.8 Å². The second kappa shape index (κ2) is 24.4. The molecule has 0 fully saturated rings. The molecule has 0 N–H and O–H groups in total. The maximum absolute atomic E-state index is 10.1. The number of imidazole rings is 1. The van der Waals surface area contributed by atoms with Crippen LogP contribution in [0.2, 0.25) is 0 Å². The number of aryl methyl sites for hydroxylation is 1. The van der Waals surface area contributed by atoms with Gasteiger partial charge in [-0.15, -0.1) is 29.7 Å². The zero-order chi connectivity index (χ0) is 93.8. The molecule has 8 heteroatoms. The Hall–Kier alpha value is -10.0. The van der Waals surface area contributed by atoms with Crippen molar-refractivity contribution >= 4 is 90.5 Å². The molecule has 0 unspecified atom stereocenters. The SMILES string of the molecule is [2H]c1c([2H])c([2H])c(-c2cnc(-n3c4[c-]c(Oc5[c-]c(-n6[c-][n+](-c7c(C(C)(C)C)cccc7[Si](c7c([2H])c([2H])c([2H])c([2H])c7[2H])(c7c([2H])c([2H])c([2H])c([2H])c7[2H])c7c([2H])c([2H])c([2H])c([2H])c7[2H])c7ccc([Si](c8c([2H])c([2H])c([2H])c([2H])c8[2H])(c8c([2H])c([2H])c([2H])c([2H])c8[2H])c8c([2H])c([2H])c([2H])c([2H])c8[2H])cc76)ccc5)ccc4c4ccccc43)cc2C([2H])([2H])[2H])c([2H])c1[2H].[Pt]. The molecule has 3 aromatic heterocycles. The van der Waals surface area contributed by atoms with Crippen molar-refractivity contribution in [1.29, 1.82) is 0 Å². The third-order valence-corrected chi connectivity index (χ3v) is 23.9. The number of aromatic nitrogens is 4. The molecule has 91 heavy (non-hydrogen) atoms. The van der Waals surface area contributed by atoms with Crippen LogP contribution in [0.3, 0.4) is 0 Å². The monoisotopic (exact) mass is 1420 g/mol. The van der Waals surface area contributed by atoms with Crippen LogP contribution in [0.15, 0.2) is 315 Å². The zero-order valence-corrected chi connectivity index (χ0v) is 52.1. The van der Waals surface area contributed by atoms with Gasteiger partial charge < -0.3 is 13.9 Å². The Kier molecular flexibility index (Phi) is 7.98. The molecule has 0 aliphatic rings. The van der Waals surface area contributed by atoms with Crippen LogP contribution in [0.4, 0.5) is 0 Å². The van der Waals surface area contributed by atoms with E-state index in [9.17, 15) is 32.9 Å². The van der Waals surface area contributed by atoms with Crippen LogP contribution in [0.5, 0.6) is 11.5 Å². The number of rotatable bonds is 14. The summed E-state index contributed by atoms with van der Waals surface area (Å²) >= 11 is 0. The van der Waals surface area contributed by atoms with Crippen molar-refractivity contribution in [2.24, 2.45) is 0 Å². The van der Waals surface area contributed by atoms with Crippen LogP contribution >= 0.6 is 0 Å². The summed E-state index contributed by atoms with van der Waals surface area (Å²) in [6, 6.07) is -6.65. The van der Waals surface area contributed by atoms with Gasteiger partial charge in [-0.25, -0.2) is 4.98 Å². The summed E-state index contributed by atoms with van der Waals surface area (Å²) in [7, 11) is -12.3. The van der Waals surface area contributed by atoms with E-state index in [4.69, 9.17) is 23.9 Å². The number of para-hydroxylation sites is 2.